The van der Waals surface area contributed by atoms with Crippen molar-refractivity contribution in [1.29, 1.82) is 0 Å². The van der Waals surface area contributed by atoms with Crippen molar-refractivity contribution in [2.75, 3.05) is 6.26 Å². The predicted molar refractivity (Wildman–Crippen MR) is 80.8 cm³/mol. The van der Waals surface area contributed by atoms with E-state index in [2.05, 4.69) is 13.8 Å². The first-order chi connectivity index (χ1) is 7.95. The Hall–Kier alpha value is -0.470. The third kappa shape index (κ3) is 9.25. The molecule has 1 aromatic rings. The average molecular weight is 256 g/mol. The summed E-state index contributed by atoms with van der Waals surface area (Å²) in [5.74, 6) is 0. The molecule has 0 aromatic heterocycles. The Morgan fingerprint density at radius 3 is 1.65 bits per heavy atom. The summed E-state index contributed by atoms with van der Waals surface area (Å²) in [4.78, 5) is 1.23. The lowest BCUT2D eigenvalue weighted by molar-refractivity contribution is 0.0785. The van der Waals surface area contributed by atoms with E-state index in [0.717, 1.165) is 5.56 Å². The molecule has 0 atom stereocenters. The van der Waals surface area contributed by atoms with Crippen molar-refractivity contribution < 1.29 is 5.11 Å². The predicted octanol–water partition coefficient (Wildman–Crippen LogP) is 5.08. The van der Waals surface area contributed by atoms with Gasteiger partial charge in [-0.15, -0.1) is 11.8 Å². The summed E-state index contributed by atoms with van der Waals surface area (Å²) in [6.07, 6.45) is 3.29. The Morgan fingerprint density at radius 1 is 1.06 bits per heavy atom. The Balaban J connectivity index is 0. The Labute approximate surface area is 112 Å². The van der Waals surface area contributed by atoms with Gasteiger partial charge in [0.05, 0.1) is 5.60 Å². The third-order valence-corrected chi connectivity index (χ3v) is 2.54. The molecule has 2 heteroatoms. The maximum absolute atomic E-state index is 9.65. The minimum Gasteiger partial charge on any atom is -0.386 e. The van der Waals surface area contributed by atoms with Crippen LogP contribution in [0.25, 0.3) is 0 Å². The second-order valence-electron chi connectivity index (χ2n) is 3.99. The maximum atomic E-state index is 9.65. The molecule has 0 spiro atoms. The highest BCUT2D eigenvalue weighted by molar-refractivity contribution is 7.98. The third-order valence-electron chi connectivity index (χ3n) is 1.80. The quantitative estimate of drug-likeness (QED) is 0.745. The molecule has 100 valence electrons. The first-order valence-electron chi connectivity index (χ1n) is 6.32. The van der Waals surface area contributed by atoms with E-state index in [1.807, 2.05) is 44.4 Å². The molecule has 0 radical (unpaired) electrons. The van der Waals surface area contributed by atoms with E-state index in [9.17, 15) is 5.11 Å². The molecule has 0 aliphatic rings. The monoisotopic (exact) mass is 256 g/mol. The van der Waals surface area contributed by atoms with Gasteiger partial charge in [-0.3, -0.25) is 0 Å². The highest BCUT2D eigenvalue weighted by Crippen LogP contribution is 2.22. The van der Waals surface area contributed by atoms with Gasteiger partial charge in [0.2, 0.25) is 0 Å². The second-order valence-corrected chi connectivity index (χ2v) is 4.87. The van der Waals surface area contributed by atoms with Crippen LogP contribution in [0.5, 0.6) is 0 Å². The highest BCUT2D eigenvalue weighted by atomic mass is 32.2. The second kappa shape index (κ2) is 10.7. The van der Waals surface area contributed by atoms with Crippen LogP contribution in [0.4, 0.5) is 0 Å². The summed E-state index contributed by atoms with van der Waals surface area (Å²) in [6.45, 7) is 11.8. The van der Waals surface area contributed by atoms with E-state index in [1.54, 1.807) is 25.6 Å². The molecule has 0 saturated carbocycles. The minimum atomic E-state index is -0.725. The van der Waals surface area contributed by atoms with Crippen molar-refractivity contribution in [3.63, 3.8) is 0 Å². The van der Waals surface area contributed by atoms with Crippen molar-refractivity contribution in [3.05, 3.63) is 29.8 Å². The first-order valence-corrected chi connectivity index (χ1v) is 7.55. The summed E-state index contributed by atoms with van der Waals surface area (Å²) in [6, 6.07) is 7.98. The molecular formula is C15H28OS. The summed E-state index contributed by atoms with van der Waals surface area (Å²) in [5.41, 5.74) is 0.233. The van der Waals surface area contributed by atoms with Crippen LogP contribution in [0, 0.1) is 0 Å². The fourth-order valence-corrected chi connectivity index (χ4v) is 1.41. The van der Waals surface area contributed by atoms with Crippen LogP contribution in [0.1, 0.15) is 53.5 Å². The molecule has 0 amide bonds. The summed E-state index contributed by atoms with van der Waals surface area (Å²) >= 11 is 1.71. The van der Waals surface area contributed by atoms with Crippen molar-refractivity contribution in [2.45, 2.75) is 58.5 Å². The highest BCUT2D eigenvalue weighted by Gasteiger charge is 2.14. The molecule has 1 N–H and O–H groups in total. The molecule has 0 unspecified atom stereocenters. The minimum absolute atomic E-state index is 0.725. The van der Waals surface area contributed by atoms with Gasteiger partial charge in [-0.2, -0.15) is 0 Å². The fourth-order valence-electron chi connectivity index (χ4n) is 0.999. The molecule has 0 aliphatic heterocycles. The van der Waals surface area contributed by atoms with Gasteiger partial charge in [-0.05, 0) is 37.8 Å². The van der Waals surface area contributed by atoms with E-state index in [-0.39, 0.29) is 0 Å². The molecule has 17 heavy (non-hydrogen) atoms. The lowest BCUT2D eigenvalue weighted by atomic mass is 9.99. The lowest BCUT2D eigenvalue weighted by Crippen LogP contribution is -2.14. The topological polar surface area (TPSA) is 20.2 Å². The standard InChI is InChI=1S/C10H14OS.C3H8.C2H6/c1-10(2,11)8-4-6-9(12-3)7-5-8;1-3-2;1-2/h4-7,11H,1-3H3;3H2,1-2H3;1-2H3. The number of thioether (sulfide) groups is 1. The number of hydrogen-bond acceptors (Lipinski definition) is 2. The van der Waals surface area contributed by atoms with Crippen molar-refractivity contribution in [3.8, 4) is 0 Å². The van der Waals surface area contributed by atoms with Gasteiger partial charge in [0.15, 0.2) is 0 Å². The molecule has 0 bridgehead atoms. The SMILES string of the molecule is CC.CCC.CSc1ccc(C(C)(C)O)cc1. The molecule has 1 nitrogen and oxygen atoms in total. The van der Waals surface area contributed by atoms with Crippen LogP contribution in [-0.2, 0) is 5.60 Å². The molecule has 0 heterocycles. The van der Waals surface area contributed by atoms with E-state index >= 15 is 0 Å². The lowest BCUT2D eigenvalue weighted by Gasteiger charge is -2.17. The number of aliphatic hydroxyl groups is 1. The van der Waals surface area contributed by atoms with Crippen LogP contribution in [0.3, 0.4) is 0 Å². The van der Waals surface area contributed by atoms with Crippen molar-refractivity contribution >= 4 is 11.8 Å². The first kappa shape index (κ1) is 18.9. The molecular weight excluding hydrogens is 228 g/mol. The van der Waals surface area contributed by atoms with Gasteiger partial charge in [0.25, 0.3) is 0 Å². The maximum Gasteiger partial charge on any atom is 0.0840 e. The van der Waals surface area contributed by atoms with E-state index in [4.69, 9.17) is 0 Å². The molecule has 1 rings (SSSR count). The van der Waals surface area contributed by atoms with Crippen LogP contribution >= 0.6 is 11.8 Å². The van der Waals surface area contributed by atoms with Crippen LogP contribution in [-0.4, -0.2) is 11.4 Å². The van der Waals surface area contributed by atoms with E-state index in [0.29, 0.717) is 0 Å². The van der Waals surface area contributed by atoms with Crippen LogP contribution in [0.2, 0.25) is 0 Å². The smallest absolute Gasteiger partial charge is 0.0840 e. The Morgan fingerprint density at radius 2 is 1.41 bits per heavy atom. The fraction of sp³-hybridized carbons (Fsp3) is 0.600. The molecule has 1 aromatic carbocycles. The van der Waals surface area contributed by atoms with Gasteiger partial charge in [-0.25, -0.2) is 0 Å². The van der Waals surface area contributed by atoms with Gasteiger partial charge in [0, 0.05) is 4.90 Å². The zero-order valence-electron chi connectivity index (χ0n) is 12.4. The molecule has 0 saturated heterocycles. The Bertz CT molecular complexity index is 259. The number of hydrogen-bond donors (Lipinski definition) is 1. The van der Waals surface area contributed by atoms with Gasteiger partial charge in [0.1, 0.15) is 0 Å². The Kier molecular flexibility index (Phi) is 11.9. The van der Waals surface area contributed by atoms with Crippen molar-refractivity contribution in [1.82, 2.24) is 0 Å². The molecule has 0 aliphatic carbocycles. The van der Waals surface area contributed by atoms with Crippen LogP contribution < -0.4 is 0 Å². The summed E-state index contributed by atoms with van der Waals surface area (Å²) in [7, 11) is 0. The number of benzene rings is 1. The van der Waals surface area contributed by atoms with Gasteiger partial charge >= 0.3 is 0 Å². The van der Waals surface area contributed by atoms with E-state index < -0.39 is 5.60 Å². The van der Waals surface area contributed by atoms with Gasteiger partial charge in [-0.1, -0.05) is 46.2 Å². The number of rotatable bonds is 2. The van der Waals surface area contributed by atoms with Crippen molar-refractivity contribution in [2.24, 2.45) is 0 Å². The zero-order chi connectivity index (χ0) is 13.9. The molecule has 0 fully saturated rings. The van der Waals surface area contributed by atoms with Crippen LogP contribution in [0.15, 0.2) is 29.2 Å². The largest absolute Gasteiger partial charge is 0.386 e. The van der Waals surface area contributed by atoms with Gasteiger partial charge < -0.3 is 5.11 Å². The van der Waals surface area contributed by atoms with E-state index in [1.165, 1.54) is 11.3 Å². The average Bonchev–Trinajstić information content (AvgIpc) is 2.32. The zero-order valence-corrected chi connectivity index (χ0v) is 13.2. The normalized spacial score (nSPS) is 9.65. The summed E-state index contributed by atoms with van der Waals surface area (Å²) in [5, 5.41) is 9.65. The summed E-state index contributed by atoms with van der Waals surface area (Å²) < 4.78 is 0.